The topological polar surface area (TPSA) is 45.5 Å². The number of fused-ring (bicyclic) bond motifs is 13. The lowest BCUT2D eigenvalue weighted by atomic mass is 9.98. The van der Waals surface area contributed by atoms with Gasteiger partial charge in [-0.05, 0) is 163 Å². The molecule has 5 aromatic heterocycles. The monoisotopic (exact) mass is 1020 g/mol. The molecule has 6 nitrogen and oxygen atoms in total. The molecular formula is C74H50N6. The van der Waals surface area contributed by atoms with Crippen LogP contribution in [0.25, 0.3) is 150 Å². The maximum absolute atomic E-state index is 5.53. The van der Waals surface area contributed by atoms with Gasteiger partial charge in [-0.2, -0.15) is 0 Å². The Labute approximate surface area is 461 Å². The molecule has 0 saturated carbocycles. The second-order valence-electron chi connectivity index (χ2n) is 21.5. The summed E-state index contributed by atoms with van der Waals surface area (Å²) in [5.41, 5.74) is 21.1. The van der Waals surface area contributed by atoms with Crippen molar-refractivity contribution in [3.63, 3.8) is 0 Å². The Morgan fingerprint density at radius 2 is 0.812 bits per heavy atom. The van der Waals surface area contributed by atoms with E-state index < -0.39 is 0 Å². The largest absolute Gasteiger partial charge is 0.313 e. The Morgan fingerprint density at radius 3 is 1.50 bits per heavy atom. The van der Waals surface area contributed by atoms with Gasteiger partial charge in [0.2, 0.25) is 0 Å². The first-order valence-corrected chi connectivity index (χ1v) is 27.9. The van der Waals surface area contributed by atoms with Gasteiger partial charge in [-0.1, -0.05) is 140 Å². The van der Waals surface area contributed by atoms with Crippen molar-refractivity contribution in [3.8, 4) is 50.8 Å². The van der Waals surface area contributed by atoms with Gasteiger partial charge < -0.3 is 13.7 Å². The average molecular weight is 1020 g/mol. The molecule has 0 bridgehead atoms. The fourth-order valence-electron chi connectivity index (χ4n) is 13.4. The van der Waals surface area contributed by atoms with Crippen molar-refractivity contribution in [1.82, 2.24) is 28.2 Å². The normalized spacial score (nSPS) is 13.5. The van der Waals surface area contributed by atoms with Gasteiger partial charge in [0.15, 0.2) is 5.82 Å². The van der Waals surface area contributed by atoms with E-state index >= 15 is 0 Å². The third-order valence-corrected chi connectivity index (χ3v) is 17.1. The number of allylic oxidation sites excluding steroid dienone is 5. The molecule has 0 amide bonds. The van der Waals surface area contributed by atoms with Crippen molar-refractivity contribution in [1.29, 1.82) is 0 Å². The van der Waals surface area contributed by atoms with Gasteiger partial charge in [0.1, 0.15) is 5.82 Å². The third-order valence-electron chi connectivity index (χ3n) is 17.1. The van der Waals surface area contributed by atoms with Crippen LogP contribution < -0.4 is 0 Å². The molecule has 2 aliphatic rings. The molecule has 0 atom stereocenters. The van der Waals surface area contributed by atoms with Crippen LogP contribution in [0.5, 0.6) is 0 Å². The summed E-state index contributed by atoms with van der Waals surface area (Å²) in [4.78, 5) is 10.8. The fourth-order valence-corrected chi connectivity index (χ4v) is 13.4. The molecule has 0 unspecified atom stereocenters. The number of aromatic nitrogens is 6. The van der Waals surface area contributed by atoms with E-state index in [4.69, 9.17) is 9.97 Å². The summed E-state index contributed by atoms with van der Waals surface area (Å²) in [7, 11) is 0. The van der Waals surface area contributed by atoms with Crippen LogP contribution in [0.2, 0.25) is 0 Å². The fraction of sp³-hybridized carbons (Fsp3) is 0.0541. The minimum atomic E-state index is 0.678. The number of nitrogens with zero attached hydrogens (tertiary/aromatic N) is 6. The number of hydrogen-bond acceptors (Lipinski definition) is 2. The molecule has 0 aliphatic heterocycles. The number of rotatable bonds is 7. The first-order chi connectivity index (χ1) is 39.7. The van der Waals surface area contributed by atoms with Crippen molar-refractivity contribution in [3.05, 3.63) is 260 Å². The molecule has 17 rings (SSSR count). The summed E-state index contributed by atoms with van der Waals surface area (Å²) >= 11 is 0. The summed E-state index contributed by atoms with van der Waals surface area (Å²) in [5, 5.41) is 9.59. The highest BCUT2D eigenvalue weighted by Gasteiger charge is 2.23. The molecule has 376 valence electrons. The van der Waals surface area contributed by atoms with Crippen LogP contribution in [-0.2, 0) is 6.42 Å². The zero-order valence-electron chi connectivity index (χ0n) is 43.8. The molecule has 0 spiro atoms. The molecule has 0 fully saturated rings. The smallest absolute Gasteiger partial charge is 0.162 e. The van der Waals surface area contributed by atoms with Crippen LogP contribution in [0.1, 0.15) is 30.5 Å². The van der Waals surface area contributed by atoms with E-state index in [1.807, 2.05) is 0 Å². The third kappa shape index (κ3) is 6.78. The molecule has 80 heavy (non-hydrogen) atoms. The lowest BCUT2D eigenvalue weighted by molar-refractivity contribution is 0.892. The number of benzene rings is 10. The lowest BCUT2D eigenvalue weighted by Crippen LogP contribution is -2.04. The highest BCUT2D eigenvalue weighted by Crippen LogP contribution is 2.42. The molecule has 15 aromatic rings. The Hall–Kier alpha value is -10.3. The predicted molar refractivity (Wildman–Crippen MR) is 334 cm³/mol. The van der Waals surface area contributed by atoms with Crippen LogP contribution >= 0.6 is 0 Å². The van der Waals surface area contributed by atoms with Crippen molar-refractivity contribution in [2.45, 2.75) is 25.7 Å². The van der Waals surface area contributed by atoms with E-state index in [0.29, 0.717) is 5.82 Å². The van der Waals surface area contributed by atoms with Crippen LogP contribution in [0.15, 0.2) is 249 Å². The highest BCUT2D eigenvalue weighted by atomic mass is 15.1. The van der Waals surface area contributed by atoms with Crippen molar-refractivity contribution in [2.75, 3.05) is 0 Å². The van der Waals surface area contributed by atoms with E-state index in [-0.39, 0.29) is 0 Å². The van der Waals surface area contributed by atoms with Crippen molar-refractivity contribution < 1.29 is 0 Å². The Balaban J connectivity index is 0.765. The zero-order valence-corrected chi connectivity index (χ0v) is 43.8. The maximum Gasteiger partial charge on any atom is 0.162 e. The summed E-state index contributed by atoms with van der Waals surface area (Å²) in [5.74, 6) is 1.53. The Bertz CT molecular complexity index is 5170. The molecular weight excluding hydrogens is 973 g/mol. The quantitative estimate of drug-likeness (QED) is 0.160. The Morgan fingerprint density at radius 1 is 0.312 bits per heavy atom. The van der Waals surface area contributed by atoms with Gasteiger partial charge in [0, 0.05) is 77.0 Å². The van der Waals surface area contributed by atoms with Gasteiger partial charge in [0.25, 0.3) is 0 Å². The minimum absolute atomic E-state index is 0.678. The molecule has 5 heterocycles. The molecule has 0 saturated heterocycles. The van der Waals surface area contributed by atoms with Gasteiger partial charge in [-0.15, -0.1) is 0 Å². The SMILES string of the molecule is C1=CC(n2c3c(c4cc(-c5ccc6c7ccccc7n(-c7ccc(-c8nc(-n9c%10ccccc%10c%10cc(-c%11ccc%12c(c%11)c%11ccccc%11n%12-c%11ccccc%11)ccc%109)c9ccccc9n8)cc7)c6c5)ccc42)C=CCC3)=CCC1. The van der Waals surface area contributed by atoms with Gasteiger partial charge in [-0.3, -0.25) is 4.57 Å². The lowest BCUT2D eigenvalue weighted by Gasteiger charge is -2.16. The number of hydrogen-bond donors (Lipinski definition) is 0. The van der Waals surface area contributed by atoms with Crippen LogP contribution in [0.4, 0.5) is 0 Å². The van der Waals surface area contributed by atoms with Crippen molar-refractivity contribution in [2.24, 2.45) is 0 Å². The summed E-state index contributed by atoms with van der Waals surface area (Å²) in [6.07, 6.45) is 16.0. The summed E-state index contributed by atoms with van der Waals surface area (Å²) in [6.45, 7) is 0. The molecule has 6 heteroatoms. The highest BCUT2D eigenvalue weighted by molar-refractivity contribution is 6.14. The number of para-hydroxylation sites is 5. The van der Waals surface area contributed by atoms with E-state index in [1.54, 1.807) is 0 Å². The van der Waals surface area contributed by atoms with Gasteiger partial charge >= 0.3 is 0 Å². The zero-order chi connectivity index (χ0) is 52.4. The van der Waals surface area contributed by atoms with E-state index in [0.717, 1.165) is 70.4 Å². The molecule has 10 aromatic carbocycles. The first-order valence-electron chi connectivity index (χ1n) is 27.9. The van der Waals surface area contributed by atoms with Gasteiger partial charge in [0.05, 0.1) is 44.1 Å². The Kier molecular flexibility index (Phi) is 9.86. The summed E-state index contributed by atoms with van der Waals surface area (Å²) in [6, 6.07) is 82.0. The molecule has 2 aliphatic carbocycles. The minimum Gasteiger partial charge on any atom is -0.313 e. The van der Waals surface area contributed by atoms with Crippen LogP contribution in [-0.4, -0.2) is 28.2 Å². The average Bonchev–Trinajstić information content (AvgIpc) is 4.39. The van der Waals surface area contributed by atoms with E-state index in [2.05, 4.69) is 273 Å². The van der Waals surface area contributed by atoms with E-state index in [9.17, 15) is 0 Å². The van der Waals surface area contributed by atoms with Gasteiger partial charge in [-0.25, -0.2) is 9.97 Å². The van der Waals surface area contributed by atoms with Crippen molar-refractivity contribution >= 4 is 99.0 Å². The standard InChI is InChI=1S/C74H50N6/c1-3-17-52(18-4-1)77-66-28-14-9-22-56(66)61-43-48(34-40-69(61)77)49-36-42-71-63(44-49)58-24-11-16-30-68(58)80(71)74-60-25-7-12-26-64(60)75-73(76-74)47-31-37-54(38-32-47)79-65-27-13-8-21-55(65)59-39-33-51(46-72(59)79)50-35-41-70-62(45-50)57-23-10-15-29-67(57)78(70)53-19-5-2-6-20-53/h1,3-5,7-14,16-28,30-46H,2,6,15,29H2. The van der Waals surface area contributed by atoms with Crippen LogP contribution in [0.3, 0.4) is 0 Å². The van der Waals surface area contributed by atoms with E-state index in [1.165, 1.54) is 104 Å². The second-order valence-corrected chi connectivity index (χ2v) is 21.5. The first kappa shape index (κ1) is 44.8. The second kappa shape index (κ2) is 17.6. The molecule has 0 N–H and O–H groups in total. The molecule has 0 radical (unpaired) electrons. The predicted octanol–water partition coefficient (Wildman–Crippen LogP) is 19.0. The maximum atomic E-state index is 5.53. The summed E-state index contributed by atoms with van der Waals surface area (Å²) < 4.78 is 9.64. The van der Waals surface area contributed by atoms with Crippen LogP contribution in [0, 0.1) is 0 Å².